The largest absolute Gasteiger partial charge is 0.390 e. The Balaban J connectivity index is 2.09. The highest BCUT2D eigenvalue weighted by atomic mass is 35.5. The fraction of sp³-hybridized carbons (Fsp3) is 0.571. The molecule has 0 aliphatic carbocycles. The van der Waals surface area contributed by atoms with Gasteiger partial charge in [0.15, 0.2) is 0 Å². The average molecular weight is 269 g/mol. The zero-order valence-corrected chi connectivity index (χ0v) is 11.6. The molecule has 1 aromatic rings. The van der Waals surface area contributed by atoms with Crippen LogP contribution in [0.2, 0.25) is 0 Å². The van der Waals surface area contributed by atoms with Gasteiger partial charge in [0, 0.05) is 31.0 Å². The van der Waals surface area contributed by atoms with Gasteiger partial charge in [-0.1, -0.05) is 6.07 Å². The van der Waals surface area contributed by atoms with E-state index in [1.807, 2.05) is 0 Å². The highest BCUT2D eigenvalue weighted by molar-refractivity contribution is 6.18. The lowest BCUT2D eigenvalue weighted by atomic mass is 10.1. The lowest BCUT2D eigenvalue weighted by Gasteiger charge is -2.22. The van der Waals surface area contributed by atoms with Crippen molar-refractivity contribution in [1.82, 2.24) is 0 Å². The first kappa shape index (κ1) is 13.5. The monoisotopic (exact) mass is 268 g/mol. The molecule has 0 radical (unpaired) electrons. The molecule has 1 aliphatic rings. The van der Waals surface area contributed by atoms with Crippen LogP contribution in [-0.4, -0.2) is 36.7 Å². The van der Waals surface area contributed by atoms with Crippen LogP contribution in [0.4, 0.5) is 11.4 Å². The number of nitrogens with one attached hydrogen (secondary N) is 1. The van der Waals surface area contributed by atoms with Gasteiger partial charge in [-0.2, -0.15) is 0 Å². The van der Waals surface area contributed by atoms with Crippen LogP contribution in [0.1, 0.15) is 18.4 Å². The van der Waals surface area contributed by atoms with Crippen LogP contribution in [0.15, 0.2) is 18.2 Å². The summed E-state index contributed by atoms with van der Waals surface area (Å²) in [6, 6.07) is 6.29. The van der Waals surface area contributed by atoms with E-state index in [0.717, 1.165) is 18.8 Å². The van der Waals surface area contributed by atoms with Gasteiger partial charge in [0.1, 0.15) is 0 Å². The van der Waals surface area contributed by atoms with Crippen LogP contribution in [-0.2, 0) is 0 Å². The van der Waals surface area contributed by atoms with Gasteiger partial charge in [-0.15, -0.1) is 11.6 Å². The van der Waals surface area contributed by atoms with E-state index in [0.29, 0.717) is 6.54 Å². The topological polar surface area (TPSA) is 35.5 Å². The maximum absolute atomic E-state index is 9.49. The second-order valence-corrected chi connectivity index (χ2v) is 5.14. The average Bonchev–Trinajstić information content (AvgIpc) is 2.91. The van der Waals surface area contributed by atoms with Crippen LogP contribution in [0.5, 0.6) is 0 Å². The Kier molecular flexibility index (Phi) is 4.72. The Morgan fingerprint density at radius 2 is 2.11 bits per heavy atom. The van der Waals surface area contributed by atoms with Crippen LogP contribution in [0, 0.1) is 6.92 Å². The fourth-order valence-corrected chi connectivity index (χ4v) is 2.51. The van der Waals surface area contributed by atoms with Crippen molar-refractivity contribution in [3.05, 3.63) is 23.8 Å². The molecule has 1 atom stereocenters. The number of halogens is 1. The fourth-order valence-electron chi connectivity index (χ4n) is 2.40. The van der Waals surface area contributed by atoms with Crippen molar-refractivity contribution in [3.8, 4) is 0 Å². The minimum absolute atomic E-state index is 0.262. The third kappa shape index (κ3) is 3.09. The van der Waals surface area contributed by atoms with Crippen LogP contribution < -0.4 is 10.2 Å². The molecule has 1 aliphatic heterocycles. The summed E-state index contributed by atoms with van der Waals surface area (Å²) < 4.78 is 0. The lowest BCUT2D eigenvalue weighted by molar-refractivity contribution is 0.211. The van der Waals surface area contributed by atoms with Crippen molar-refractivity contribution < 1.29 is 5.11 Å². The number of hydrogen-bond donors (Lipinski definition) is 2. The number of alkyl halides is 1. The zero-order chi connectivity index (χ0) is 13.0. The standard InChI is InChI=1S/C14H21ClN2O/c1-11-13(16-10-12(18)9-15)5-4-6-14(11)17-7-2-3-8-17/h4-6,12,16,18H,2-3,7-10H2,1H3. The van der Waals surface area contributed by atoms with E-state index in [4.69, 9.17) is 11.6 Å². The predicted octanol–water partition coefficient (Wildman–Crippen LogP) is 2.61. The molecule has 0 aromatic heterocycles. The van der Waals surface area contributed by atoms with Crippen LogP contribution in [0.25, 0.3) is 0 Å². The van der Waals surface area contributed by atoms with Crippen molar-refractivity contribution in [3.63, 3.8) is 0 Å². The van der Waals surface area contributed by atoms with Gasteiger partial charge in [-0.25, -0.2) is 0 Å². The molecule has 0 amide bonds. The normalized spacial score (nSPS) is 16.9. The Morgan fingerprint density at radius 1 is 1.39 bits per heavy atom. The maximum atomic E-state index is 9.49. The molecule has 0 spiro atoms. The first-order valence-corrected chi connectivity index (χ1v) is 7.08. The van der Waals surface area contributed by atoms with E-state index in [1.54, 1.807) is 0 Å². The van der Waals surface area contributed by atoms with Gasteiger partial charge in [-0.3, -0.25) is 0 Å². The van der Waals surface area contributed by atoms with Crippen LogP contribution >= 0.6 is 11.6 Å². The van der Waals surface area contributed by atoms with Crippen molar-refractivity contribution >= 4 is 23.0 Å². The lowest BCUT2D eigenvalue weighted by Crippen LogP contribution is -2.22. The summed E-state index contributed by atoms with van der Waals surface area (Å²) in [5, 5.41) is 12.8. The summed E-state index contributed by atoms with van der Waals surface area (Å²) in [4.78, 5) is 2.43. The van der Waals surface area contributed by atoms with Crippen molar-refractivity contribution in [2.24, 2.45) is 0 Å². The summed E-state index contributed by atoms with van der Waals surface area (Å²) in [7, 11) is 0. The first-order chi connectivity index (χ1) is 8.72. The second kappa shape index (κ2) is 6.30. The second-order valence-electron chi connectivity index (χ2n) is 4.83. The number of nitrogens with zero attached hydrogens (tertiary/aromatic N) is 1. The highest BCUT2D eigenvalue weighted by Crippen LogP contribution is 2.29. The zero-order valence-electron chi connectivity index (χ0n) is 10.8. The first-order valence-electron chi connectivity index (χ1n) is 6.55. The Bertz CT molecular complexity index is 391. The Morgan fingerprint density at radius 3 is 2.78 bits per heavy atom. The number of rotatable bonds is 5. The van der Waals surface area contributed by atoms with E-state index in [9.17, 15) is 5.11 Å². The van der Waals surface area contributed by atoms with Gasteiger partial charge in [0.25, 0.3) is 0 Å². The smallest absolute Gasteiger partial charge is 0.0847 e. The van der Waals surface area contributed by atoms with Crippen molar-refractivity contribution in [1.29, 1.82) is 0 Å². The van der Waals surface area contributed by atoms with Gasteiger partial charge in [-0.05, 0) is 37.5 Å². The molecular formula is C14H21ClN2O. The van der Waals surface area contributed by atoms with Crippen molar-refractivity contribution in [2.45, 2.75) is 25.9 Å². The Labute approximate surface area is 114 Å². The Hall–Kier alpha value is -0.930. The molecule has 1 unspecified atom stereocenters. The molecule has 3 nitrogen and oxygen atoms in total. The molecule has 0 bridgehead atoms. The quantitative estimate of drug-likeness (QED) is 0.806. The SMILES string of the molecule is Cc1c(NCC(O)CCl)cccc1N1CCCC1. The maximum Gasteiger partial charge on any atom is 0.0847 e. The molecule has 1 aromatic carbocycles. The third-order valence-electron chi connectivity index (χ3n) is 3.46. The predicted molar refractivity (Wildman–Crippen MR) is 77.8 cm³/mol. The minimum Gasteiger partial charge on any atom is -0.390 e. The van der Waals surface area contributed by atoms with E-state index < -0.39 is 6.10 Å². The molecule has 2 rings (SSSR count). The van der Waals surface area contributed by atoms with Crippen LogP contribution in [0.3, 0.4) is 0 Å². The number of aliphatic hydroxyl groups excluding tert-OH is 1. The number of anilines is 2. The molecule has 4 heteroatoms. The number of benzene rings is 1. The van der Waals surface area contributed by atoms with Gasteiger partial charge >= 0.3 is 0 Å². The van der Waals surface area contributed by atoms with Crippen molar-refractivity contribution in [2.75, 3.05) is 35.7 Å². The van der Waals surface area contributed by atoms with E-state index in [2.05, 4.69) is 35.3 Å². The summed E-state index contributed by atoms with van der Waals surface area (Å²) in [5.41, 5.74) is 3.64. The highest BCUT2D eigenvalue weighted by Gasteiger charge is 2.15. The third-order valence-corrected chi connectivity index (χ3v) is 3.81. The van der Waals surface area contributed by atoms with Gasteiger partial charge in [0.05, 0.1) is 12.0 Å². The molecule has 100 valence electrons. The van der Waals surface area contributed by atoms with E-state index in [1.165, 1.54) is 24.1 Å². The number of aliphatic hydroxyl groups is 1. The molecule has 1 fully saturated rings. The number of hydrogen-bond acceptors (Lipinski definition) is 3. The molecule has 0 saturated carbocycles. The summed E-state index contributed by atoms with van der Waals surface area (Å²) in [6.07, 6.45) is 2.06. The molecule has 2 N–H and O–H groups in total. The molecule has 1 saturated heterocycles. The van der Waals surface area contributed by atoms with Gasteiger partial charge < -0.3 is 15.3 Å². The summed E-state index contributed by atoms with van der Waals surface area (Å²) >= 11 is 5.59. The minimum atomic E-state index is -0.499. The molecular weight excluding hydrogens is 248 g/mol. The summed E-state index contributed by atoms with van der Waals surface area (Å²) in [5.74, 6) is 0.262. The van der Waals surface area contributed by atoms with Gasteiger partial charge in [0.2, 0.25) is 0 Å². The van der Waals surface area contributed by atoms with E-state index in [-0.39, 0.29) is 5.88 Å². The molecule has 18 heavy (non-hydrogen) atoms. The summed E-state index contributed by atoms with van der Waals surface area (Å²) in [6.45, 7) is 4.92. The van der Waals surface area contributed by atoms with E-state index >= 15 is 0 Å². The molecule has 1 heterocycles.